The highest BCUT2D eigenvalue weighted by Crippen LogP contribution is 2.30. The van der Waals surface area contributed by atoms with Crippen molar-refractivity contribution in [3.05, 3.63) is 48.8 Å². The number of benzene rings is 1. The third-order valence-corrected chi connectivity index (χ3v) is 3.22. The first-order chi connectivity index (χ1) is 10.8. The highest BCUT2D eigenvalue weighted by Gasteiger charge is 2.26. The number of hydrogen-bond donors (Lipinski definition) is 2. The van der Waals surface area contributed by atoms with Crippen molar-refractivity contribution in [2.45, 2.75) is 6.10 Å². The summed E-state index contributed by atoms with van der Waals surface area (Å²) in [6.07, 6.45) is 2.83. The Labute approximate surface area is 128 Å². The van der Waals surface area contributed by atoms with E-state index < -0.39 is 6.10 Å². The lowest BCUT2D eigenvalue weighted by Gasteiger charge is -2.25. The molecule has 22 heavy (non-hydrogen) atoms. The summed E-state index contributed by atoms with van der Waals surface area (Å²) in [4.78, 5) is 16.1. The van der Waals surface area contributed by atoms with E-state index in [0.29, 0.717) is 24.6 Å². The Morgan fingerprint density at radius 3 is 2.86 bits per heavy atom. The molecule has 3 rings (SSSR count). The number of rotatable bonds is 5. The molecule has 0 bridgehead atoms. The maximum atomic E-state index is 12.1. The number of carbonyl (C=O) groups is 1. The van der Waals surface area contributed by atoms with Gasteiger partial charge in [0.05, 0.1) is 5.69 Å². The van der Waals surface area contributed by atoms with Crippen LogP contribution >= 0.6 is 0 Å². The quantitative estimate of drug-likeness (QED) is 0.818. The third-order valence-electron chi connectivity index (χ3n) is 3.22. The van der Waals surface area contributed by atoms with Crippen LogP contribution in [-0.2, 0) is 4.79 Å². The van der Waals surface area contributed by atoms with Crippen LogP contribution in [-0.4, -0.2) is 36.7 Å². The second kappa shape index (κ2) is 6.80. The summed E-state index contributed by atoms with van der Waals surface area (Å²) in [5.41, 5.74) is 0.919. The molecule has 6 heteroatoms. The van der Waals surface area contributed by atoms with Crippen LogP contribution < -0.4 is 20.1 Å². The van der Waals surface area contributed by atoms with Crippen LogP contribution in [0.3, 0.4) is 0 Å². The summed E-state index contributed by atoms with van der Waals surface area (Å²) in [7, 11) is 0. The van der Waals surface area contributed by atoms with Crippen LogP contribution in [0, 0.1) is 0 Å². The first-order valence-electron chi connectivity index (χ1n) is 7.13. The van der Waals surface area contributed by atoms with E-state index >= 15 is 0 Å². The molecule has 1 aromatic heterocycles. The van der Waals surface area contributed by atoms with E-state index in [9.17, 15) is 4.79 Å². The molecule has 114 valence electrons. The average molecular weight is 299 g/mol. The van der Waals surface area contributed by atoms with Crippen molar-refractivity contribution in [3.8, 4) is 11.5 Å². The minimum Gasteiger partial charge on any atom is -0.485 e. The maximum absolute atomic E-state index is 12.1. The molecule has 0 saturated heterocycles. The highest BCUT2D eigenvalue weighted by molar-refractivity contribution is 5.81. The predicted molar refractivity (Wildman–Crippen MR) is 82.1 cm³/mol. The number of para-hydroxylation sites is 2. The van der Waals surface area contributed by atoms with Crippen LogP contribution in [0.4, 0.5) is 5.69 Å². The highest BCUT2D eigenvalue weighted by atomic mass is 16.6. The molecule has 2 aromatic rings. The van der Waals surface area contributed by atoms with Gasteiger partial charge < -0.3 is 20.1 Å². The number of pyridine rings is 1. The molecule has 1 amide bonds. The number of amides is 1. The summed E-state index contributed by atoms with van der Waals surface area (Å²) < 4.78 is 11.2. The van der Waals surface area contributed by atoms with E-state index in [1.54, 1.807) is 18.5 Å². The first kappa shape index (κ1) is 14.2. The second-order valence-corrected chi connectivity index (χ2v) is 4.82. The molecule has 1 aliphatic rings. The van der Waals surface area contributed by atoms with Crippen LogP contribution in [0.2, 0.25) is 0 Å². The molecule has 0 saturated carbocycles. The summed E-state index contributed by atoms with van der Waals surface area (Å²) in [5.74, 6) is 1.09. The van der Waals surface area contributed by atoms with Crippen molar-refractivity contribution >= 4 is 11.6 Å². The van der Waals surface area contributed by atoms with E-state index in [0.717, 1.165) is 5.69 Å². The van der Waals surface area contributed by atoms with Gasteiger partial charge in [0, 0.05) is 25.5 Å². The number of carbonyl (C=O) groups excluding carboxylic acids is 1. The van der Waals surface area contributed by atoms with Gasteiger partial charge >= 0.3 is 0 Å². The van der Waals surface area contributed by atoms with Crippen molar-refractivity contribution in [2.75, 3.05) is 25.0 Å². The SMILES string of the molecule is O=C(NCCNc1cccnc1)[C@@H]1COc2ccccc2O1. The molecule has 1 aliphatic heterocycles. The van der Waals surface area contributed by atoms with Crippen LogP contribution in [0.25, 0.3) is 0 Å². The molecule has 6 nitrogen and oxygen atoms in total. The zero-order valence-corrected chi connectivity index (χ0v) is 12.0. The van der Waals surface area contributed by atoms with Gasteiger partial charge in [0.1, 0.15) is 6.61 Å². The van der Waals surface area contributed by atoms with Gasteiger partial charge in [0.25, 0.3) is 5.91 Å². The lowest BCUT2D eigenvalue weighted by Crippen LogP contribution is -2.45. The number of aromatic nitrogens is 1. The van der Waals surface area contributed by atoms with Crippen molar-refractivity contribution in [1.29, 1.82) is 0 Å². The standard InChI is InChI=1S/C16H17N3O3/c20-16(19-9-8-18-12-4-3-7-17-10-12)15-11-21-13-5-1-2-6-14(13)22-15/h1-7,10,15,18H,8-9,11H2,(H,19,20)/t15-/m0/s1. The van der Waals surface area contributed by atoms with Gasteiger partial charge in [-0.15, -0.1) is 0 Å². The minimum absolute atomic E-state index is 0.178. The molecule has 0 unspecified atom stereocenters. The Balaban J connectivity index is 1.43. The number of ether oxygens (including phenoxy) is 2. The normalized spacial score (nSPS) is 15.9. The Morgan fingerprint density at radius 1 is 1.18 bits per heavy atom. The summed E-state index contributed by atoms with van der Waals surface area (Å²) in [6, 6.07) is 11.1. The van der Waals surface area contributed by atoms with Gasteiger partial charge in [-0.1, -0.05) is 12.1 Å². The number of fused-ring (bicyclic) bond motifs is 1. The Hall–Kier alpha value is -2.76. The Kier molecular flexibility index (Phi) is 4.38. The molecular weight excluding hydrogens is 282 g/mol. The summed E-state index contributed by atoms with van der Waals surface area (Å²) in [5, 5.41) is 6.00. The average Bonchev–Trinajstić information content (AvgIpc) is 2.59. The van der Waals surface area contributed by atoms with E-state index in [2.05, 4.69) is 15.6 Å². The van der Waals surface area contributed by atoms with E-state index in [1.165, 1.54) is 0 Å². The van der Waals surface area contributed by atoms with Gasteiger partial charge in [-0.3, -0.25) is 9.78 Å². The van der Waals surface area contributed by atoms with Gasteiger partial charge in [-0.2, -0.15) is 0 Å². The predicted octanol–water partition coefficient (Wildman–Crippen LogP) is 1.45. The van der Waals surface area contributed by atoms with Crippen molar-refractivity contribution in [2.24, 2.45) is 0 Å². The fraction of sp³-hybridized carbons (Fsp3) is 0.250. The van der Waals surface area contributed by atoms with Crippen molar-refractivity contribution in [1.82, 2.24) is 10.3 Å². The third kappa shape index (κ3) is 3.46. The van der Waals surface area contributed by atoms with Crippen molar-refractivity contribution in [3.63, 3.8) is 0 Å². The topological polar surface area (TPSA) is 72.5 Å². The fourth-order valence-corrected chi connectivity index (χ4v) is 2.12. The number of anilines is 1. The number of nitrogens with zero attached hydrogens (tertiary/aromatic N) is 1. The molecule has 2 heterocycles. The zero-order valence-electron chi connectivity index (χ0n) is 12.0. The fourth-order valence-electron chi connectivity index (χ4n) is 2.12. The molecule has 0 radical (unpaired) electrons. The largest absolute Gasteiger partial charge is 0.485 e. The van der Waals surface area contributed by atoms with Gasteiger partial charge in [0.15, 0.2) is 11.5 Å². The molecule has 1 aromatic carbocycles. The van der Waals surface area contributed by atoms with E-state index in [4.69, 9.17) is 9.47 Å². The number of hydrogen-bond acceptors (Lipinski definition) is 5. The molecular formula is C16H17N3O3. The lowest BCUT2D eigenvalue weighted by atomic mass is 10.2. The molecule has 0 spiro atoms. The smallest absolute Gasteiger partial charge is 0.264 e. The molecule has 0 aliphatic carbocycles. The minimum atomic E-state index is -0.617. The Morgan fingerprint density at radius 2 is 2.05 bits per heavy atom. The lowest BCUT2D eigenvalue weighted by molar-refractivity contribution is -0.130. The van der Waals surface area contributed by atoms with Gasteiger partial charge in [-0.05, 0) is 24.3 Å². The number of nitrogens with one attached hydrogen (secondary N) is 2. The van der Waals surface area contributed by atoms with Crippen LogP contribution in [0.15, 0.2) is 48.8 Å². The van der Waals surface area contributed by atoms with Crippen LogP contribution in [0.1, 0.15) is 0 Å². The summed E-state index contributed by atoms with van der Waals surface area (Å²) >= 11 is 0. The zero-order chi connectivity index (χ0) is 15.2. The molecule has 0 fully saturated rings. The summed E-state index contributed by atoms with van der Waals surface area (Å²) in [6.45, 7) is 1.33. The van der Waals surface area contributed by atoms with Gasteiger partial charge in [0.2, 0.25) is 6.10 Å². The molecule has 1 atom stereocenters. The van der Waals surface area contributed by atoms with Crippen LogP contribution in [0.5, 0.6) is 11.5 Å². The van der Waals surface area contributed by atoms with Crippen molar-refractivity contribution < 1.29 is 14.3 Å². The monoisotopic (exact) mass is 299 g/mol. The second-order valence-electron chi connectivity index (χ2n) is 4.82. The van der Waals surface area contributed by atoms with Gasteiger partial charge in [-0.25, -0.2) is 0 Å². The molecule has 2 N–H and O–H groups in total. The van der Waals surface area contributed by atoms with E-state index in [-0.39, 0.29) is 12.5 Å². The first-order valence-corrected chi connectivity index (χ1v) is 7.13. The van der Waals surface area contributed by atoms with E-state index in [1.807, 2.05) is 30.3 Å². The Bertz CT molecular complexity index is 634. The maximum Gasteiger partial charge on any atom is 0.264 e.